The van der Waals surface area contributed by atoms with Crippen LogP contribution in [0.2, 0.25) is 0 Å². The van der Waals surface area contributed by atoms with Gasteiger partial charge in [-0.2, -0.15) is 16.4 Å². The molecule has 102 valence electrons. The SMILES string of the molecule is O=C(c1ccco1)c1cnn2c(-c3ccsc3)ccnc12. The summed E-state index contributed by atoms with van der Waals surface area (Å²) in [5.74, 6) is 0.0672. The molecule has 0 aliphatic rings. The van der Waals surface area contributed by atoms with Crippen molar-refractivity contribution in [2.75, 3.05) is 0 Å². The first-order chi connectivity index (χ1) is 10.3. The number of ketones is 1. The zero-order valence-electron chi connectivity index (χ0n) is 10.8. The Morgan fingerprint density at radius 2 is 2.24 bits per heavy atom. The summed E-state index contributed by atoms with van der Waals surface area (Å²) >= 11 is 1.61. The molecule has 21 heavy (non-hydrogen) atoms. The second kappa shape index (κ2) is 4.68. The fourth-order valence-electron chi connectivity index (χ4n) is 2.22. The number of carbonyl (C=O) groups excluding carboxylic acids is 1. The number of rotatable bonds is 3. The lowest BCUT2D eigenvalue weighted by atomic mass is 10.2. The number of hydrogen-bond donors (Lipinski definition) is 0. The molecule has 4 rings (SSSR count). The summed E-state index contributed by atoms with van der Waals surface area (Å²) in [6.45, 7) is 0. The van der Waals surface area contributed by atoms with Crippen LogP contribution in [0, 0.1) is 0 Å². The Labute approximate surface area is 123 Å². The second-order valence-electron chi connectivity index (χ2n) is 4.44. The molecule has 0 aliphatic carbocycles. The Bertz CT molecular complexity index is 908. The van der Waals surface area contributed by atoms with Crippen molar-refractivity contribution in [1.82, 2.24) is 14.6 Å². The number of fused-ring (bicyclic) bond motifs is 1. The molecule has 4 heterocycles. The van der Waals surface area contributed by atoms with Crippen LogP contribution in [0.3, 0.4) is 0 Å². The molecule has 0 unspecified atom stereocenters. The zero-order chi connectivity index (χ0) is 14.2. The third kappa shape index (κ3) is 1.88. The van der Waals surface area contributed by atoms with Crippen LogP contribution in [0.25, 0.3) is 16.9 Å². The maximum Gasteiger partial charge on any atom is 0.233 e. The fourth-order valence-corrected chi connectivity index (χ4v) is 2.87. The molecule has 0 amide bonds. The van der Waals surface area contributed by atoms with Crippen LogP contribution in [0.5, 0.6) is 0 Å². The molecule has 4 aromatic heterocycles. The van der Waals surface area contributed by atoms with Crippen LogP contribution >= 0.6 is 11.3 Å². The van der Waals surface area contributed by atoms with Crippen LogP contribution in [0.15, 0.2) is 58.1 Å². The third-order valence-electron chi connectivity index (χ3n) is 3.21. The fraction of sp³-hybridized carbons (Fsp3) is 0. The van der Waals surface area contributed by atoms with Gasteiger partial charge in [0.25, 0.3) is 0 Å². The summed E-state index contributed by atoms with van der Waals surface area (Å²) in [5.41, 5.74) is 2.91. The molecule has 0 saturated heterocycles. The number of furan rings is 1. The van der Waals surface area contributed by atoms with E-state index in [0.717, 1.165) is 11.3 Å². The van der Waals surface area contributed by atoms with Crippen LogP contribution in [0.1, 0.15) is 16.1 Å². The van der Waals surface area contributed by atoms with Crippen LogP contribution in [-0.4, -0.2) is 20.4 Å². The molecule has 0 aliphatic heterocycles. The molecule has 0 aromatic carbocycles. The number of carbonyl (C=O) groups is 1. The van der Waals surface area contributed by atoms with E-state index in [1.54, 1.807) is 34.2 Å². The van der Waals surface area contributed by atoms with E-state index in [0.29, 0.717) is 11.2 Å². The van der Waals surface area contributed by atoms with E-state index >= 15 is 0 Å². The molecule has 0 radical (unpaired) electrons. The van der Waals surface area contributed by atoms with Crippen LogP contribution in [0.4, 0.5) is 0 Å². The van der Waals surface area contributed by atoms with Gasteiger partial charge >= 0.3 is 0 Å². The molecule has 0 saturated carbocycles. The van der Waals surface area contributed by atoms with Gasteiger partial charge in [-0.05, 0) is 29.6 Å². The van der Waals surface area contributed by atoms with Gasteiger partial charge in [0.15, 0.2) is 11.4 Å². The summed E-state index contributed by atoms with van der Waals surface area (Å²) in [6, 6.07) is 7.20. The van der Waals surface area contributed by atoms with Gasteiger partial charge in [0.2, 0.25) is 5.78 Å². The van der Waals surface area contributed by atoms with Gasteiger partial charge in [0, 0.05) is 17.1 Å². The average molecular weight is 295 g/mol. The summed E-state index contributed by atoms with van der Waals surface area (Å²) in [7, 11) is 0. The lowest BCUT2D eigenvalue weighted by Gasteiger charge is -2.02. The van der Waals surface area contributed by atoms with Crippen molar-refractivity contribution < 1.29 is 9.21 Å². The summed E-state index contributed by atoms with van der Waals surface area (Å²) in [6.07, 6.45) is 4.69. The monoisotopic (exact) mass is 295 g/mol. The molecule has 0 bridgehead atoms. The van der Waals surface area contributed by atoms with E-state index in [9.17, 15) is 4.79 Å². The Morgan fingerprint density at radius 3 is 3.00 bits per heavy atom. The van der Waals surface area contributed by atoms with Crippen molar-refractivity contribution >= 4 is 22.8 Å². The molecule has 0 fully saturated rings. The van der Waals surface area contributed by atoms with Gasteiger partial charge in [0.05, 0.1) is 23.7 Å². The van der Waals surface area contributed by atoms with Crippen molar-refractivity contribution in [3.05, 3.63) is 65.0 Å². The average Bonchev–Trinajstić information content (AvgIpc) is 3.25. The highest BCUT2D eigenvalue weighted by Gasteiger charge is 2.19. The highest BCUT2D eigenvalue weighted by Crippen LogP contribution is 2.24. The van der Waals surface area contributed by atoms with E-state index < -0.39 is 0 Å². The molecule has 5 nitrogen and oxygen atoms in total. The van der Waals surface area contributed by atoms with Crippen molar-refractivity contribution in [3.8, 4) is 11.3 Å². The first-order valence-corrected chi connectivity index (χ1v) is 7.22. The number of nitrogens with zero attached hydrogens (tertiary/aromatic N) is 3. The molecule has 0 atom stereocenters. The lowest BCUT2D eigenvalue weighted by molar-refractivity contribution is 0.101. The molecular weight excluding hydrogens is 286 g/mol. The van der Waals surface area contributed by atoms with Crippen molar-refractivity contribution in [1.29, 1.82) is 0 Å². The largest absolute Gasteiger partial charge is 0.461 e. The Morgan fingerprint density at radius 1 is 1.29 bits per heavy atom. The van der Waals surface area contributed by atoms with Gasteiger partial charge < -0.3 is 4.42 Å². The van der Waals surface area contributed by atoms with E-state index in [1.807, 2.05) is 22.9 Å². The predicted molar refractivity (Wildman–Crippen MR) is 78.4 cm³/mol. The second-order valence-corrected chi connectivity index (χ2v) is 5.22. The Hall–Kier alpha value is -2.73. The number of hydrogen-bond acceptors (Lipinski definition) is 5. The van der Waals surface area contributed by atoms with Gasteiger partial charge in [0.1, 0.15) is 0 Å². The normalized spacial score (nSPS) is 11.0. The highest BCUT2D eigenvalue weighted by molar-refractivity contribution is 7.08. The minimum atomic E-state index is -0.218. The highest BCUT2D eigenvalue weighted by atomic mass is 32.1. The van der Waals surface area contributed by atoms with Gasteiger partial charge in [-0.1, -0.05) is 0 Å². The van der Waals surface area contributed by atoms with E-state index in [-0.39, 0.29) is 11.5 Å². The quantitative estimate of drug-likeness (QED) is 0.544. The Balaban J connectivity index is 1.90. The number of thiophene rings is 1. The van der Waals surface area contributed by atoms with E-state index in [4.69, 9.17) is 4.42 Å². The van der Waals surface area contributed by atoms with Gasteiger partial charge in [-0.3, -0.25) is 4.79 Å². The maximum atomic E-state index is 12.4. The summed E-state index contributed by atoms with van der Waals surface area (Å²) in [5, 5.41) is 8.33. The molecule has 0 spiro atoms. The maximum absolute atomic E-state index is 12.4. The lowest BCUT2D eigenvalue weighted by Crippen LogP contribution is -2.01. The first kappa shape index (κ1) is 12.0. The van der Waals surface area contributed by atoms with Crippen molar-refractivity contribution in [2.24, 2.45) is 0 Å². The third-order valence-corrected chi connectivity index (χ3v) is 3.89. The van der Waals surface area contributed by atoms with Crippen molar-refractivity contribution in [2.45, 2.75) is 0 Å². The smallest absolute Gasteiger partial charge is 0.233 e. The zero-order valence-corrected chi connectivity index (χ0v) is 11.6. The summed E-state index contributed by atoms with van der Waals surface area (Å²) in [4.78, 5) is 16.7. The van der Waals surface area contributed by atoms with Crippen molar-refractivity contribution in [3.63, 3.8) is 0 Å². The van der Waals surface area contributed by atoms with Gasteiger partial charge in [-0.15, -0.1) is 0 Å². The topological polar surface area (TPSA) is 60.4 Å². The molecular formula is C15H9N3O2S. The summed E-state index contributed by atoms with van der Waals surface area (Å²) < 4.78 is 6.84. The minimum Gasteiger partial charge on any atom is -0.461 e. The van der Waals surface area contributed by atoms with E-state index in [1.165, 1.54) is 12.5 Å². The standard InChI is InChI=1S/C15H9N3O2S/c19-14(13-2-1-6-20-13)11-8-17-18-12(3-5-16-15(11)18)10-4-7-21-9-10/h1-9H. The van der Waals surface area contributed by atoms with Crippen LogP contribution in [-0.2, 0) is 0 Å². The predicted octanol–water partition coefficient (Wildman–Crippen LogP) is 3.28. The van der Waals surface area contributed by atoms with Crippen LogP contribution < -0.4 is 0 Å². The van der Waals surface area contributed by atoms with Gasteiger partial charge in [-0.25, -0.2) is 9.50 Å². The molecule has 0 N–H and O–H groups in total. The minimum absolute atomic E-state index is 0.218. The van der Waals surface area contributed by atoms with E-state index in [2.05, 4.69) is 10.1 Å². The Kier molecular flexibility index (Phi) is 2.68. The first-order valence-electron chi connectivity index (χ1n) is 6.28. The molecule has 4 aromatic rings. The number of aromatic nitrogens is 3. The molecule has 6 heteroatoms.